The monoisotopic (exact) mass is 291 g/mol. The molecule has 114 valence electrons. The number of anilines is 2. The Kier molecular flexibility index (Phi) is 6.57. The molecule has 0 aliphatic heterocycles. The molecule has 0 radical (unpaired) electrons. The highest BCUT2D eigenvalue weighted by Crippen LogP contribution is 2.32. The van der Waals surface area contributed by atoms with Crippen molar-refractivity contribution in [1.29, 1.82) is 0 Å². The van der Waals surface area contributed by atoms with Gasteiger partial charge in [0.25, 0.3) is 0 Å². The van der Waals surface area contributed by atoms with Crippen LogP contribution in [0.2, 0.25) is 0 Å². The summed E-state index contributed by atoms with van der Waals surface area (Å²) in [4.78, 5) is 4.10. The lowest BCUT2D eigenvalue weighted by molar-refractivity contribution is -0.137. The van der Waals surface area contributed by atoms with E-state index in [1.54, 1.807) is 0 Å². The molecule has 0 saturated heterocycles. The van der Waals surface area contributed by atoms with Crippen LogP contribution in [0, 0.1) is 0 Å². The van der Waals surface area contributed by atoms with Gasteiger partial charge in [0.15, 0.2) is 0 Å². The smallest absolute Gasteiger partial charge is 0.380 e. The quantitative estimate of drug-likeness (QED) is 0.721. The van der Waals surface area contributed by atoms with Gasteiger partial charge in [-0.05, 0) is 25.5 Å². The molecule has 0 aliphatic carbocycles. The fourth-order valence-corrected chi connectivity index (χ4v) is 1.52. The van der Waals surface area contributed by atoms with Crippen LogP contribution in [0.3, 0.4) is 0 Å². The van der Waals surface area contributed by atoms with Crippen LogP contribution in [-0.4, -0.2) is 31.3 Å². The fraction of sp³-hybridized carbons (Fsp3) is 0.615. The molecular formula is C13H20F3N3O. The Labute approximate surface area is 116 Å². The standard InChI is InChI=1S/C13H20F3N3O/c1-3-5-17-11-8-10(13(14,15)16)9-12(19-11)18-6-7-20-4-2/h8-9H,3-7H2,1-2H3,(H2,17,18,19). The van der Waals surface area contributed by atoms with E-state index in [1.165, 1.54) is 0 Å². The number of rotatable bonds is 8. The molecule has 1 heterocycles. The molecule has 1 rings (SSSR count). The van der Waals surface area contributed by atoms with Crippen molar-refractivity contribution in [1.82, 2.24) is 4.98 Å². The number of nitrogens with zero attached hydrogens (tertiary/aromatic N) is 1. The van der Waals surface area contributed by atoms with Gasteiger partial charge >= 0.3 is 6.18 Å². The molecule has 0 spiro atoms. The summed E-state index contributed by atoms with van der Waals surface area (Å²) in [5, 5.41) is 5.70. The van der Waals surface area contributed by atoms with Gasteiger partial charge in [0.1, 0.15) is 11.6 Å². The number of pyridine rings is 1. The van der Waals surface area contributed by atoms with Crippen molar-refractivity contribution in [3.05, 3.63) is 17.7 Å². The fourth-order valence-electron chi connectivity index (χ4n) is 1.52. The molecule has 4 nitrogen and oxygen atoms in total. The number of hydrogen-bond donors (Lipinski definition) is 2. The van der Waals surface area contributed by atoms with Gasteiger partial charge in [-0.25, -0.2) is 4.98 Å². The minimum atomic E-state index is -4.39. The zero-order valence-corrected chi connectivity index (χ0v) is 11.7. The third kappa shape index (κ3) is 5.64. The molecule has 0 aliphatic rings. The van der Waals surface area contributed by atoms with Crippen LogP contribution >= 0.6 is 0 Å². The Morgan fingerprint density at radius 1 is 1.10 bits per heavy atom. The van der Waals surface area contributed by atoms with Crippen LogP contribution in [0.5, 0.6) is 0 Å². The Morgan fingerprint density at radius 2 is 1.70 bits per heavy atom. The van der Waals surface area contributed by atoms with E-state index in [1.807, 2.05) is 13.8 Å². The summed E-state index contributed by atoms with van der Waals surface area (Å²) < 4.78 is 43.5. The summed E-state index contributed by atoms with van der Waals surface area (Å²) in [5.74, 6) is 0.415. The Hall–Kier alpha value is -1.50. The molecule has 7 heteroatoms. The van der Waals surface area contributed by atoms with Crippen molar-refractivity contribution in [3.8, 4) is 0 Å². The summed E-state index contributed by atoms with van der Waals surface area (Å²) in [6, 6.07) is 2.02. The molecule has 0 atom stereocenters. The van der Waals surface area contributed by atoms with E-state index in [0.717, 1.165) is 18.6 Å². The highest BCUT2D eigenvalue weighted by molar-refractivity contribution is 5.49. The van der Waals surface area contributed by atoms with E-state index in [9.17, 15) is 13.2 Å². The molecule has 2 N–H and O–H groups in total. The average molecular weight is 291 g/mol. The second-order valence-corrected chi connectivity index (χ2v) is 4.17. The van der Waals surface area contributed by atoms with Crippen LogP contribution in [0.25, 0.3) is 0 Å². The summed E-state index contributed by atoms with van der Waals surface area (Å²) in [7, 11) is 0. The van der Waals surface area contributed by atoms with Crippen LogP contribution in [-0.2, 0) is 10.9 Å². The number of ether oxygens (including phenoxy) is 1. The molecule has 1 aromatic rings. The minimum absolute atomic E-state index is 0.193. The predicted octanol–water partition coefficient (Wildman–Crippen LogP) is 3.37. The minimum Gasteiger partial charge on any atom is -0.380 e. The van der Waals surface area contributed by atoms with Crippen molar-refractivity contribution >= 4 is 11.6 Å². The zero-order valence-electron chi connectivity index (χ0n) is 11.7. The number of aromatic nitrogens is 1. The third-order valence-electron chi connectivity index (χ3n) is 2.47. The largest absolute Gasteiger partial charge is 0.416 e. The highest BCUT2D eigenvalue weighted by Gasteiger charge is 2.31. The number of hydrogen-bond acceptors (Lipinski definition) is 4. The lowest BCUT2D eigenvalue weighted by atomic mass is 10.2. The first-order valence-corrected chi connectivity index (χ1v) is 6.62. The van der Waals surface area contributed by atoms with Gasteiger partial charge in [-0.15, -0.1) is 0 Å². The second-order valence-electron chi connectivity index (χ2n) is 4.17. The van der Waals surface area contributed by atoms with Crippen LogP contribution in [0.15, 0.2) is 12.1 Å². The van der Waals surface area contributed by atoms with Gasteiger partial charge in [0.05, 0.1) is 12.2 Å². The van der Waals surface area contributed by atoms with Crippen molar-refractivity contribution in [3.63, 3.8) is 0 Å². The van der Waals surface area contributed by atoms with Crippen molar-refractivity contribution in [2.45, 2.75) is 26.4 Å². The SMILES string of the molecule is CCCNc1cc(C(F)(F)F)cc(NCCOCC)n1. The lowest BCUT2D eigenvalue weighted by Gasteiger charge is -2.13. The molecule has 0 bridgehead atoms. The first kappa shape index (κ1) is 16.6. The Bertz CT molecular complexity index is 410. The first-order valence-electron chi connectivity index (χ1n) is 6.62. The van der Waals surface area contributed by atoms with Gasteiger partial charge in [-0.2, -0.15) is 13.2 Å². The predicted molar refractivity (Wildman–Crippen MR) is 73.0 cm³/mol. The molecule has 0 aromatic carbocycles. The van der Waals surface area contributed by atoms with Crippen LogP contribution in [0.1, 0.15) is 25.8 Å². The molecule has 0 unspecified atom stereocenters. The maximum absolute atomic E-state index is 12.8. The lowest BCUT2D eigenvalue weighted by Crippen LogP contribution is -2.14. The van der Waals surface area contributed by atoms with E-state index < -0.39 is 11.7 Å². The molecule has 0 fully saturated rings. The van der Waals surface area contributed by atoms with E-state index >= 15 is 0 Å². The van der Waals surface area contributed by atoms with Crippen LogP contribution < -0.4 is 10.6 Å². The number of nitrogens with one attached hydrogen (secondary N) is 2. The van der Waals surface area contributed by atoms with E-state index in [2.05, 4.69) is 15.6 Å². The molecule has 0 amide bonds. The van der Waals surface area contributed by atoms with Gasteiger partial charge in [0.2, 0.25) is 0 Å². The zero-order chi connectivity index (χ0) is 15.0. The van der Waals surface area contributed by atoms with Gasteiger partial charge in [-0.1, -0.05) is 6.92 Å². The molecule has 1 aromatic heterocycles. The maximum Gasteiger partial charge on any atom is 0.416 e. The Morgan fingerprint density at radius 3 is 2.20 bits per heavy atom. The third-order valence-corrected chi connectivity index (χ3v) is 2.47. The first-order chi connectivity index (χ1) is 9.47. The summed E-state index contributed by atoms with van der Waals surface area (Å²) in [6.45, 7) is 5.77. The number of alkyl halides is 3. The molecule has 0 saturated carbocycles. The number of halogens is 3. The summed E-state index contributed by atoms with van der Waals surface area (Å²) >= 11 is 0. The van der Waals surface area contributed by atoms with E-state index in [4.69, 9.17) is 4.74 Å². The topological polar surface area (TPSA) is 46.2 Å². The molecule has 20 heavy (non-hydrogen) atoms. The summed E-state index contributed by atoms with van der Waals surface area (Å²) in [6.07, 6.45) is -3.58. The molecular weight excluding hydrogens is 271 g/mol. The van der Waals surface area contributed by atoms with Gasteiger partial charge in [-0.3, -0.25) is 0 Å². The normalized spacial score (nSPS) is 11.4. The van der Waals surface area contributed by atoms with Crippen molar-refractivity contribution < 1.29 is 17.9 Å². The second kappa shape index (κ2) is 7.94. The van der Waals surface area contributed by atoms with E-state index in [-0.39, 0.29) is 11.6 Å². The highest BCUT2D eigenvalue weighted by atomic mass is 19.4. The van der Waals surface area contributed by atoms with Gasteiger partial charge in [0, 0.05) is 19.7 Å². The summed E-state index contributed by atoms with van der Waals surface area (Å²) in [5.41, 5.74) is -0.718. The van der Waals surface area contributed by atoms with Crippen LogP contribution in [0.4, 0.5) is 24.8 Å². The van der Waals surface area contributed by atoms with Crippen molar-refractivity contribution in [2.75, 3.05) is 36.9 Å². The maximum atomic E-state index is 12.8. The van der Waals surface area contributed by atoms with E-state index in [0.29, 0.717) is 26.3 Å². The van der Waals surface area contributed by atoms with Gasteiger partial charge < -0.3 is 15.4 Å². The Balaban J connectivity index is 2.80. The van der Waals surface area contributed by atoms with Crippen molar-refractivity contribution in [2.24, 2.45) is 0 Å². The average Bonchev–Trinajstić information content (AvgIpc) is 2.40.